The summed E-state index contributed by atoms with van der Waals surface area (Å²) in [4.78, 5) is 16.0. The molecule has 0 aliphatic rings. The van der Waals surface area contributed by atoms with Crippen molar-refractivity contribution in [3.63, 3.8) is 0 Å². The third-order valence-electron chi connectivity index (χ3n) is 2.62. The van der Waals surface area contributed by atoms with Crippen LogP contribution in [0.3, 0.4) is 0 Å². The summed E-state index contributed by atoms with van der Waals surface area (Å²) in [5.41, 5.74) is 6.59. The molecule has 6 nitrogen and oxygen atoms in total. The number of carbonyl (C=O) groups excluding carboxylic acids is 1. The maximum Gasteiger partial charge on any atom is 0.338 e. The summed E-state index contributed by atoms with van der Waals surface area (Å²) in [7, 11) is 0. The van der Waals surface area contributed by atoms with Crippen LogP contribution in [0.2, 0.25) is 0 Å². The van der Waals surface area contributed by atoms with Crippen LogP contribution in [0.25, 0.3) is 0 Å². The predicted molar refractivity (Wildman–Crippen MR) is 78.0 cm³/mol. The van der Waals surface area contributed by atoms with Crippen molar-refractivity contribution in [3.05, 3.63) is 40.4 Å². The zero-order valence-corrected chi connectivity index (χ0v) is 12.6. The highest BCUT2D eigenvalue weighted by molar-refractivity contribution is 9.10. The molecule has 7 heteroatoms. The largest absolute Gasteiger partial charge is 0.454 e. The third kappa shape index (κ3) is 3.57. The molecule has 1 aromatic carbocycles. The number of hydrogen-bond donors (Lipinski definition) is 1. The standard InChI is InChI=1S/C13H15BrN4O2/c1-2-3-18-12(16-8-17-18)7-20-13(19)9-4-10(14)6-11(15)5-9/h4-6,8H,2-3,7,15H2,1H3. The first-order valence-corrected chi connectivity index (χ1v) is 6.99. The Bertz CT molecular complexity index is 592. The van der Waals surface area contributed by atoms with Crippen LogP contribution >= 0.6 is 15.9 Å². The quantitative estimate of drug-likeness (QED) is 0.668. The number of aryl methyl sites for hydroxylation is 1. The maximum absolute atomic E-state index is 12.0. The summed E-state index contributed by atoms with van der Waals surface area (Å²) in [5.74, 6) is 0.187. The Hall–Kier alpha value is -1.89. The fourth-order valence-electron chi connectivity index (χ4n) is 1.74. The molecule has 0 unspecified atom stereocenters. The van der Waals surface area contributed by atoms with Gasteiger partial charge in [0.15, 0.2) is 12.4 Å². The van der Waals surface area contributed by atoms with E-state index in [2.05, 4.69) is 26.0 Å². The molecule has 0 aliphatic carbocycles. The Morgan fingerprint density at radius 2 is 2.25 bits per heavy atom. The lowest BCUT2D eigenvalue weighted by Crippen LogP contribution is -2.11. The number of anilines is 1. The maximum atomic E-state index is 12.0. The van der Waals surface area contributed by atoms with Crippen molar-refractivity contribution in [2.45, 2.75) is 26.5 Å². The molecule has 0 bridgehead atoms. The number of rotatable bonds is 5. The lowest BCUT2D eigenvalue weighted by atomic mass is 10.2. The second-order valence-corrected chi connectivity index (χ2v) is 5.16. The Balaban J connectivity index is 2.03. The van der Waals surface area contributed by atoms with Gasteiger partial charge in [-0.3, -0.25) is 0 Å². The van der Waals surface area contributed by atoms with E-state index in [1.807, 2.05) is 6.92 Å². The monoisotopic (exact) mass is 338 g/mol. The minimum Gasteiger partial charge on any atom is -0.454 e. The summed E-state index contributed by atoms with van der Waals surface area (Å²) in [6.07, 6.45) is 2.39. The van der Waals surface area contributed by atoms with Crippen molar-refractivity contribution in [3.8, 4) is 0 Å². The van der Waals surface area contributed by atoms with Crippen molar-refractivity contribution in [2.24, 2.45) is 0 Å². The molecule has 20 heavy (non-hydrogen) atoms. The van der Waals surface area contributed by atoms with Gasteiger partial charge in [0.1, 0.15) is 6.33 Å². The number of nitrogen functional groups attached to an aromatic ring is 1. The van der Waals surface area contributed by atoms with Gasteiger partial charge in [-0.25, -0.2) is 14.5 Å². The van der Waals surface area contributed by atoms with Crippen molar-refractivity contribution < 1.29 is 9.53 Å². The van der Waals surface area contributed by atoms with Crippen LogP contribution in [-0.4, -0.2) is 20.7 Å². The fourth-order valence-corrected chi connectivity index (χ4v) is 2.25. The predicted octanol–water partition coefficient (Wildman–Crippen LogP) is 2.39. The van der Waals surface area contributed by atoms with Gasteiger partial charge in [0.25, 0.3) is 0 Å². The van der Waals surface area contributed by atoms with Gasteiger partial charge in [0.2, 0.25) is 0 Å². The van der Waals surface area contributed by atoms with Gasteiger partial charge in [-0.2, -0.15) is 5.10 Å². The van der Waals surface area contributed by atoms with Gasteiger partial charge in [-0.1, -0.05) is 22.9 Å². The number of nitrogens with zero attached hydrogens (tertiary/aromatic N) is 3. The van der Waals surface area contributed by atoms with Crippen LogP contribution in [-0.2, 0) is 17.9 Å². The van der Waals surface area contributed by atoms with Gasteiger partial charge in [-0.05, 0) is 24.6 Å². The molecule has 0 radical (unpaired) electrons. The normalized spacial score (nSPS) is 10.5. The Kier molecular flexibility index (Phi) is 4.73. The van der Waals surface area contributed by atoms with E-state index in [9.17, 15) is 4.79 Å². The van der Waals surface area contributed by atoms with Crippen molar-refractivity contribution >= 4 is 27.6 Å². The molecule has 0 saturated carbocycles. The van der Waals surface area contributed by atoms with E-state index in [-0.39, 0.29) is 6.61 Å². The molecule has 0 spiro atoms. The number of benzene rings is 1. The van der Waals surface area contributed by atoms with Gasteiger partial charge in [0, 0.05) is 16.7 Å². The molecule has 0 atom stereocenters. The molecule has 0 aliphatic heterocycles. The van der Waals surface area contributed by atoms with Crippen LogP contribution in [0.1, 0.15) is 29.5 Å². The molecular formula is C13H15BrN4O2. The fraction of sp³-hybridized carbons (Fsp3) is 0.308. The summed E-state index contributed by atoms with van der Waals surface area (Å²) in [6.45, 7) is 2.88. The van der Waals surface area contributed by atoms with E-state index < -0.39 is 5.97 Å². The first-order chi connectivity index (χ1) is 9.60. The molecule has 0 saturated heterocycles. The number of hydrogen-bond acceptors (Lipinski definition) is 5. The lowest BCUT2D eigenvalue weighted by Gasteiger charge is -2.07. The molecule has 1 heterocycles. The SMILES string of the molecule is CCCn1ncnc1COC(=O)c1cc(N)cc(Br)c1. The van der Waals surface area contributed by atoms with Crippen LogP contribution in [0.4, 0.5) is 5.69 Å². The Morgan fingerprint density at radius 3 is 2.95 bits per heavy atom. The minimum atomic E-state index is -0.441. The second kappa shape index (κ2) is 6.51. The number of halogens is 1. The van der Waals surface area contributed by atoms with E-state index in [1.54, 1.807) is 22.9 Å². The summed E-state index contributed by atoms with van der Waals surface area (Å²) in [5, 5.41) is 4.07. The van der Waals surface area contributed by atoms with E-state index in [0.717, 1.165) is 17.4 Å². The molecule has 2 N–H and O–H groups in total. The number of ether oxygens (including phenoxy) is 1. The van der Waals surface area contributed by atoms with Gasteiger partial charge < -0.3 is 10.5 Å². The highest BCUT2D eigenvalue weighted by Gasteiger charge is 2.11. The first-order valence-electron chi connectivity index (χ1n) is 6.20. The van der Waals surface area contributed by atoms with Gasteiger partial charge in [0.05, 0.1) is 5.56 Å². The average Bonchev–Trinajstić information content (AvgIpc) is 2.83. The highest BCUT2D eigenvalue weighted by atomic mass is 79.9. The van der Waals surface area contributed by atoms with Crippen LogP contribution in [0, 0.1) is 0 Å². The summed E-state index contributed by atoms with van der Waals surface area (Å²) in [6, 6.07) is 4.95. The van der Waals surface area contributed by atoms with Gasteiger partial charge >= 0.3 is 5.97 Å². The summed E-state index contributed by atoms with van der Waals surface area (Å²) < 4.78 is 7.69. The molecule has 0 amide bonds. The Labute approximate surface area is 125 Å². The van der Waals surface area contributed by atoms with E-state index in [4.69, 9.17) is 10.5 Å². The van der Waals surface area contributed by atoms with Crippen molar-refractivity contribution in [1.82, 2.24) is 14.8 Å². The van der Waals surface area contributed by atoms with Crippen molar-refractivity contribution in [1.29, 1.82) is 0 Å². The van der Waals surface area contributed by atoms with Gasteiger partial charge in [-0.15, -0.1) is 0 Å². The number of nitrogens with two attached hydrogens (primary N) is 1. The first kappa shape index (κ1) is 14.5. The number of aromatic nitrogens is 3. The van der Waals surface area contributed by atoms with E-state index in [0.29, 0.717) is 17.1 Å². The third-order valence-corrected chi connectivity index (χ3v) is 3.08. The van der Waals surface area contributed by atoms with Crippen LogP contribution < -0.4 is 5.73 Å². The lowest BCUT2D eigenvalue weighted by molar-refractivity contribution is 0.0456. The molecule has 2 aromatic rings. The second-order valence-electron chi connectivity index (χ2n) is 4.25. The topological polar surface area (TPSA) is 83.0 Å². The smallest absolute Gasteiger partial charge is 0.338 e. The highest BCUT2D eigenvalue weighted by Crippen LogP contribution is 2.18. The van der Waals surface area contributed by atoms with E-state index >= 15 is 0 Å². The minimum absolute atomic E-state index is 0.0885. The average molecular weight is 339 g/mol. The summed E-state index contributed by atoms with van der Waals surface area (Å²) >= 11 is 3.29. The van der Waals surface area contributed by atoms with E-state index in [1.165, 1.54) is 6.33 Å². The van der Waals surface area contributed by atoms with Crippen molar-refractivity contribution in [2.75, 3.05) is 5.73 Å². The zero-order valence-electron chi connectivity index (χ0n) is 11.0. The molecule has 0 fully saturated rings. The molecule has 106 valence electrons. The molecule has 1 aromatic heterocycles. The number of carbonyl (C=O) groups is 1. The Morgan fingerprint density at radius 1 is 1.45 bits per heavy atom. The molecule has 2 rings (SSSR count). The van der Waals surface area contributed by atoms with Crippen LogP contribution in [0.15, 0.2) is 29.0 Å². The molecular weight excluding hydrogens is 324 g/mol. The zero-order chi connectivity index (χ0) is 14.5. The van der Waals surface area contributed by atoms with Crippen LogP contribution in [0.5, 0.6) is 0 Å². The number of esters is 1.